The number of amides is 1. The number of carbonyl (C=O) groups excluding carboxylic acids is 1. The number of carbonyl (C=O) groups is 1. The van der Waals surface area contributed by atoms with E-state index in [1.165, 1.54) is 44.3 Å². The second-order valence-corrected chi connectivity index (χ2v) is 7.96. The Bertz CT molecular complexity index is 701. The van der Waals surface area contributed by atoms with Crippen LogP contribution in [0.3, 0.4) is 0 Å². The zero-order valence-corrected chi connectivity index (χ0v) is 17.2. The largest absolute Gasteiger partial charge is 0.312 e. The topological polar surface area (TPSA) is 23.6 Å². The van der Waals surface area contributed by atoms with Gasteiger partial charge < -0.3 is 4.90 Å². The van der Waals surface area contributed by atoms with Crippen molar-refractivity contribution < 1.29 is 4.79 Å². The first-order valence-corrected chi connectivity index (χ1v) is 10.9. The molecular weight excluding hydrogens is 344 g/mol. The first kappa shape index (κ1) is 20.6. The Balaban J connectivity index is 1.43. The van der Waals surface area contributed by atoms with E-state index in [9.17, 15) is 4.79 Å². The highest BCUT2D eigenvalue weighted by Gasteiger charge is 2.20. The predicted molar refractivity (Wildman–Crippen MR) is 117 cm³/mol. The molecule has 1 saturated heterocycles. The number of nitrogens with zero attached hydrogens (tertiary/aromatic N) is 2. The first-order chi connectivity index (χ1) is 13.8. The first-order valence-electron chi connectivity index (χ1n) is 10.9. The van der Waals surface area contributed by atoms with Gasteiger partial charge in [0, 0.05) is 31.7 Å². The number of hydrogen-bond donors (Lipinski definition) is 0. The van der Waals surface area contributed by atoms with E-state index >= 15 is 0 Å². The van der Waals surface area contributed by atoms with Gasteiger partial charge in [0.15, 0.2) is 0 Å². The fourth-order valence-electron chi connectivity index (χ4n) is 4.27. The lowest BCUT2D eigenvalue weighted by atomic mass is 9.92. The van der Waals surface area contributed by atoms with E-state index in [0.717, 1.165) is 31.1 Å². The summed E-state index contributed by atoms with van der Waals surface area (Å²) in [6, 6.07) is 20.9. The minimum Gasteiger partial charge on any atom is -0.312 e. The summed E-state index contributed by atoms with van der Waals surface area (Å²) in [6.07, 6.45) is 6.77. The molecule has 150 valence electrons. The van der Waals surface area contributed by atoms with Gasteiger partial charge in [0.2, 0.25) is 5.91 Å². The molecule has 1 heterocycles. The lowest BCUT2D eigenvalue weighted by Crippen LogP contribution is -2.35. The molecule has 0 bridgehead atoms. The van der Waals surface area contributed by atoms with Crippen molar-refractivity contribution in [3.8, 4) is 0 Å². The maximum atomic E-state index is 12.3. The van der Waals surface area contributed by atoms with Crippen LogP contribution in [-0.2, 0) is 11.3 Å². The van der Waals surface area contributed by atoms with Crippen LogP contribution in [-0.4, -0.2) is 30.4 Å². The Labute approximate surface area is 170 Å². The van der Waals surface area contributed by atoms with Gasteiger partial charge in [-0.25, -0.2) is 0 Å². The molecule has 1 fully saturated rings. The van der Waals surface area contributed by atoms with Gasteiger partial charge in [-0.15, -0.1) is 0 Å². The second kappa shape index (κ2) is 11.0. The van der Waals surface area contributed by atoms with Crippen molar-refractivity contribution in [1.29, 1.82) is 0 Å². The monoisotopic (exact) mass is 378 g/mol. The van der Waals surface area contributed by atoms with Crippen molar-refractivity contribution in [2.75, 3.05) is 24.5 Å². The van der Waals surface area contributed by atoms with Gasteiger partial charge in [-0.1, -0.05) is 61.9 Å². The third-order valence-electron chi connectivity index (χ3n) is 5.77. The Hall–Kier alpha value is -2.13. The number of benzene rings is 2. The zero-order valence-electron chi connectivity index (χ0n) is 17.2. The number of likely N-dealkylation sites (tertiary alicyclic amines) is 1. The zero-order chi connectivity index (χ0) is 19.6. The molecule has 1 atom stereocenters. The van der Waals surface area contributed by atoms with Crippen LogP contribution in [0, 0.1) is 5.92 Å². The van der Waals surface area contributed by atoms with Crippen LogP contribution in [0.5, 0.6) is 0 Å². The van der Waals surface area contributed by atoms with Crippen molar-refractivity contribution >= 4 is 11.6 Å². The summed E-state index contributed by atoms with van der Waals surface area (Å²) in [6.45, 7) is 6.28. The smallest absolute Gasteiger partial charge is 0.226 e. The summed E-state index contributed by atoms with van der Waals surface area (Å²) in [7, 11) is 0. The summed E-state index contributed by atoms with van der Waals surface area (Å²) in [5.74, 6) is 1.02. The Kier molecular flexibility index (Phi) is 8.10. The van der Waals surface area contributed by atoms with Crippen LogP contribution < -0.4 is 4.90 Å². The normalized spacial score (nSPS) is 17.4. The van der Waals surface area contributed by atoms with E-state index in [1.54, 1.807) is 0 Å². The average molecular weight is 379 g/mol. The van der Waals surface area contributed by atoms with Gasteiger partial charge in [0.25, 0.3) is 0 Å². The molecule has 1 unspecified atom stereocenters. The van der Waals surface area contributed by atoms with E-state index in [1.807, 2.05) is 42.2 Å². The molecule has 1 aliphatic rings. The molecule has 2 aromatic carbocycles. The van der Waals surface area contributed by atoms with Gasteiger partial charge in [-0.2, -0.15) is 0 Å². The molecule has 0 radical (unpaired) electrons. The number of hydrogen-bond acceptors (Lipinski definition) is 2. The van der Waals surface area contributed by atoms with Crippen molar-refractivity contribution in [2.24, 2.45) is 5.92 Å². The molecular formula is C25H34N2O. The summed E-state index contributed by atoms with van der Waals surface area (Å²) in [4.78, 5) is 16.9. The highest BCUT2D eigenvalue weighted by molar-refractivity contribution is 5.93. The summed E-state index contributed by atoms with van der Waals surface area (Å²) < 4.78 is 0. The van der Waals surface area contributed by atoms with Gasteiger partial charge in [-0.05, 0) is 55.8 Å². The Morgan fingerprint density at radius 2 is 1.75 bits per heavy atom. The number of para-hydroxylation sites is 1. The molecule has 0 saturated carbocycles. The molecule has 0 aromatic heterocycles. The fourth-order valence-corrected chi connectivity index (χ4v) is 4.27. The van der Waals surface area contributed by atoms with Gasteiger partial charge in [0.05, 0.1) is 0 Å². The molecule has 0 aliphatic carbocycles. The Morgan fingerprint density at radius 1 is 1.04 bits per heavy atom. The maximum Gasteiger partial charge on any atom is 0.226 e. The molecule has 2 aromatic rings. The van der Waals surface area contributed by atoms with Crippen molar-refractivity contribution in [1.82, 2.24) is 4.90 Å². The summed E-state index contributed by atoms with van der Waals surface area (Å²) in [5.41, 5.74) is 2.45. The number of anilines is 1. The van der Waals surface area contributed by atoms with E-state index in [4.69, 9.17) is 0 Å². The van der Waals surface area contributed by atoms with Crippen LogP contribution in [0.2, 0.25) is 0 Å². The van der Waals surface area contributed by atoms with Gasteiger partial charge in [0.1, 0.15) is 0 Å². The van der Waals surface area contributed by atoms with Crippen LogP contribution in [0.15, 0.2) is 60.7 Å². The van der Waals surface area contributed by atoms with Crippen molar-refractivity contribution in [3.63, 3.8) is 0 Å². The van der Waals surface area contributed by atoms with Crippen molar-refractivity contribution in [3.05, 3.63) is 66.2 Å². The molecule has 3 rings (SSSR count). The summed E-state index contributed by atoms with van der Waals surface area (Å²) >= 11 is 0. The molecule has 3 nitrogen and oxygen atoms in total. The van der Waals surface area contributed by atoms with Crippen LogP contribution >= 0.6 is 0 Å². The minimum absolute atomic E-state index is 0.220. The van der Waals surface area contributed by atoms with E-state index in [-0.39, 0.29) is 5.91 Å². The quantitative estimate of drug-likeness (QED) is 0.537. The second-order valence-electron chi connectivity index (χ2n) is 7.96. The molecule has 28 heavy (non-hydrogen) atoms. The average Bonchev–Trinajstić information content (AvgIpc) is 2.75. The third-order valence-corrected chi connectivity index (χ3v) is 5.77. The standard InChI is InChI=1S/C25H34N2O/c1-2-25(28)27(24-16-7-4-8-17-24)19-10-9-14-23-15-11-18-26(21-23)20-22-12-5-3-6-13-22/h3-8,12-13,16-17,23H,2,9-11,14-15,18-21H2,1H3. The highest BCUT2D eigenvalue weighted by atomic mass is 16.2. The number of unbranched alkanes of at least 4 members (excludes halogenated alkanes) is 1. The maximum absolute atomic E-state index is 12.3. The van der Waals surface area contributed by atoms with Crippen LogP contribution in [0.1, 0.15) is 51.0 Å². The molecule has 0 spiro atoms. The SMILES string of the molecule is CCC(=O)N(CCCCC1CCCN(Cc2ccccc2)C1)c1ccccc1. The minimum atomic E-state index is 0.220. The van der Waals surface area contributed by atoms with Crippen molar-refractivity contribution in [2.45, 2.75) is 52.0 Å². The number of rotatable bonds is 9. The Morgan fingerprint density at radius 3 is 2.46 bits per heavy atom. The van der Waals surface area contributed by atoms with E-state index in [0.29, 0.717) is 6.42 Å². The summed E-state index contributed by atoms with van der Waals surface area (Å²) in [5, 5.41) is 0. The molecule has 0 N–H and O–H groups in total. The van der Waals surface area contributed by atoms with Gasteiger partial charge >= 0.3 is 0 Å². The van der Waals surface area contributed by atoms with E-state index in [2.05, 4.69) is 35.2 Å². The number of piperidine rings is 1. The molecule has 1 aliphatic heterocycles. The lowest BCUT2D eigenvalue weighted by Gasteiger charge is -2.33. The van der Waals surface area contributed by atoms with E-state index < -0.39 is 0 Å². The fraction of sp³-hybridized carbons (Fsp3) is 0.480. The van der Waals surface area contributed by atoms with Crippen LogP contribution in [0.4, 0.5) is 5.69 Å². The van der Waals surface area contributed by atoms with Gasteiger partial charge in [-0.3, -0.25) is 9.69 Å². The highest BCUT2D eigenvalue weighted by Crippen LogP contribution is 2.24. The van der Waals surface area contributed by atoms with Crippen LogP contribution in [0.25, 0.3) is 0 Å². The molecule has 3 heteroatoms. The third kappa shape index (κ3) is 6.20. The molecule has 1 amide bonds. The lowest BCUT2D eigenvalue weighted by molar-refractivity contribution is -0.118. The predicted octanol–water partition coefficient (Wildman–Crippen LogP) is 5.51.